The Hall–Kier alpha value is -0.725. The van der Waals surface area contributed by atoms with E-state index in [0.717, 1.165) is 12.8 Å². The summed E-state index contributed by atoms with van der Waals surface area (Å²) in [5.74, 6) is -0.0243. The van der Waals surface area contributed by atoms with Gasteiger partial charge in [0.1, 0.15) is 7.28 Å². The van der Waals surface area contributed by atoms with Gasteiger partial charge in [-0.2, -0.15) is 0 Å². The van der Waals surface area contributed by atoms with Gasteiger partial charge in [-0.15, -0.1) is 0 Å². The van der Waals surface area contributed by atoms with Crippen LogP contribution in [-0.4, -0.2) is 19.2 Å². The Bertz CT molecular complexity index is 254. The van der Waals surface area contributed by atoms with Crippen LogP contribution in [0.3, 0.4) is 0 Å². The molecule has 1 saturated carbocycles. The van der Waals surface area contributed by atoms with Crippen LogP contribution in [0.15, 0.2) is 12.7 Å². The molecule has 0 bridgehead atoms. The Kier molecular flexibility index (Phi) is 5.10. The molecule has 0 aliphatic heterocycles. The summed E-state index contributed by atoms with van der Waals surface area (Å²) in [5, 5.41) is 3.52. The van der Waals surface area contributed by atoms with Gasteiger partial charge in [0.25, 0.3) is 0 Å². The molecule has 1 aliphatic rings. The smallest absolute Gasteiger partial charge is 0.243 e. The first-order chi connectivity index (χ1) is 7.59. The van der Waals surface area contributed by atoms with E-state index in [1.807, 2.05) is 0 Å². The van der Waals surface area contributed by atoms with Crippen LogP contribution in [0, 0.1) is 0 Å². The van der Waals surface area contributed by atoms with Gasteiger partial charge >= 0.3 is 0 Å². The van der Waals surface area contributed by atoms with Crippen LogP contribution in [-0.2, 0) is 4.79 Å². The Morgan fingerprint density at radius 3 is 2.81 bits per heavy atom. The first kappa shape index (κ1) is 13.3. The first-order valence-electron chi connectivity index (χ1n) is 6.52. The van der Waals surface area contributed by atoms with Crippen molar-refractivity contribution in [2.45, 2.75) is 63.6 Å². The van der Waals surface area contributed by atoms with Gasteiger partial charge in [0.2, 0.25) is 5.91 Å². The van der Waals surface area contributed by atoms with Crippen molar-refractivity contribution in [3.8, 4) is 0 Å². The highest BCUT2D eigenvalue weighted by Gasteiger charge is 2.26. The molecular weight excluding hydrogens is 197 g/mol. The average Bonchev–Trinajstić information content (AvgIpc) is 2.28. The highest BCUT2D eigenvalue weighted by molar-refractivity contribution is 6.38. The maximum atomic E-state index is 11.3. The third-order valence-corrected chi connectivity index (χ3v) is 4.06. The summed E-state index contributed by atoms with van der Waals surface area (Å²) in [6, 6.07) is 0.358. The normalized spacial score (nSPS) is 31.0. The highest BCUT2D eigenvalue weighted by atomic mass is 16.1. The SMILES string of the molecule is C=CC(=O)NC1CCCCC(C)(BC)CC1. The molecule has 16 heavy (non-hydrogen) atoms. The third-order valence-electron chi connectivity index (χ3n) is 4.06. The van der Waals surface area contributed by atoms with E-state index in [2.05, 4.69) is 25.6 Å². The summed E-state index contributed by atoms with van der Waals surface area (Å²) in [4.78, 5) is 11.3. The molecule has 1 fully saturated rings. The Morgan fingerprint density at radius 2 is 2.19 bits per heavy atom. The Labute approximate surface area is 100 Å². The van der Waals surface area contributed by atoms with Crippen molar-refractivity contribution in [1.29, 1.82) is 0 Å². The molecule has 1 rings (SSSR count). The zero-order chi connectivity index (χ0) is 12.0. The predicted molar refractivity (Wildman–Crippen MR) is 71.2 cm³/mol. The molecule has 0 saturated heterocycles. The van der Waals surface area contributed by atoms with Crippen molar-refractivity contribution in [3.63, 3.8) is 0 Å². The van der Waals surface area contributed by atoms with E-state index in [-0.39, 0.29) is 5.91 Å². The van der Waals surface area contributed by atoms with Gasteiger partial charge in [-0.25, -0.2) is 0 Å². The molecule has 3 heteroatoms. The minimum Gasteiger partial charge on any atom is -0.350 e. The lowest BCUT2D eigenvalue weighted by atomic mass is 9.50. The van der Waals surface area contributed by atoms with E-state index < -0.39 is 0 Å². The summed E-state index contributed by atoms with van der Waals surface area (Å²) in [7, 11) is 1.25. The van der Waals surface area contributed by atoms with Gasteiger partial charge in [-0.05, 0) is 18.9 Å². The van der Waals surface area contributed by atoms with E-state index >= 15 is 0 Å². The van der Waals surface area contributed by atoms with Crippen molar-refractivity contribution in [3.05, 3.63) is 12.7 Å². The maximum Gasteiger partial charge on any atom is 0.243 e. The molecule has 0 heterocycles. The number of carbonyl (C=O) groups is 1. The van der Waals surface area contributed by atoms with Gasteiger partial charge in [0.05, 0.1) is 0 Å². The van der Waals surface area contributed by atoms with Crippen LogP contribution in [0.5, 0.6) is 0 Å². The summed E-state index contributed by atoms with van der Waals surface area (Å²) >= 11 is 0. The summed E-state index contributed by atoms with van der Waals surface area (Å²) < 4.78 is 0. The minimum absolute atomic E-state index is 0.0243. The molecule has 90 valence electrons. The lowest BCUT2D eigenvalue weighted by Crippen LogP contribution is -2.35. The molecule has 1 amide bonds. The van der Waals surface area contributed by atoms with Crippen LogP contribution in [0.2, 0.25) is 12.1 Å². The van der Waals surface area contributed by atoms with Crippen molar-refractivity contribution in [1.82, 2.24) is 5.32 Å². The summed E-state index contributed by atoms with van der Waals surface area (Å²) in [5.41, 5.74) is 0. The second-order valence-electron chi connectivity index (χ2n) is 5.36. The number of hydrogen-bond donors (Lipinski definition) is 1. The molecule has 0 spiro atoms. The van der Waals surface area contributed by atoms with Crippen LogP contribution in [0.4, 0.5) is 0 Å². The standard InChI is InChI=1S/C13H24BNO/c1-4-12(16)15-11-7-5-6-9-13(2,14-3)10-8-11/h4,11,14H,1,5-10H2,2-3H3,(H,15,16). The fourth-order valence-corrected chi connectivity index (χ4v) is 2.49. The number of carbonyl (C=O) groups excluding carboxylic acids is 1. The van der Waals surface area contributed by atoms with Gasteiger partial charge in [-0.1, -0.05) is 51.3 Å². The fourth-order valence-electron chi connectivity index (χ4n) is 2.49. The third kappa shape index (κ3) is 4.03. The molecule has 0 aromatic carbocycles. The second-order valence-corrected chi connectivity index (χ2v) is 5.36. The summed E-state index contributed by atoms with van der Waals surface area (Å²) in [6.07, 6.45) is 8.71. The zero-order valence-electron chi connectivity index (χ0n) is 10.7. The number of amides is 1. The number of rotatable bonds is 3. The topological polar surface area (TPSA) is 29.1 Å². The van der Waals surface area contributed by atoms with Crippen molar-refractivity contribution in [2.75, 3.05) is 0 Å². The molecule has 1 N–H and O–H groups in total. The molecule has 0 aromatic heterocycles. The largest absolute Gasteiger partial charge is 0.350 e. The second kappa shape index (κ2) is 6.12. The van der Waals surface area contributed by atoms with E-state index in [1.165, 1.54) is 39.0 Å². The number of nitrogens with one attached hydrogen (secondary N) is 1. The number of hydrogen-bond acceptors (Lipinski definition) is 1. The van der Waals surface area contributed by atoms with Gasteiger partial charge < -0.3 is 5.32 Å². The van der Waals surface area contributed by atoms with Gasteiger partial charge in [0, 0.05) is 6.04 Å². The molecular formula is C13H24BNO. The Morgan fingerprint density at radius 1 is 1.44 bits per heavy atom. The average molecular weight is 221 g/mol. The van der Waals surface area contributed by atoms with Crippen LogP contribution >= 0.6 is 0 Å². The highest BCUT2D eigenvalue weighted by Crippen LogP contribution is 2.39. The maximum absolute atomic E-state index is 11.3. The monoisotopic (exact) mass is 221 g/mol. The van der Waals surface area contributed by atoms with E-state index in [4.69, 9.17) is 0 Å². The Balaban J connectivity index is 2.49. The minimum atomic E-state index is -0.0243. The van der Waals surface area contributed by atoms with E-state index in [0.29, 0.717) is 11.4 Å². The zero-order valence-corrected chi connectivity index (χ0v) is 10.7. The molecule has 2 atom stereocenters. The molecule has 2 nitrogen and oxygen atoms in total. The van der Waals surface area contributed by atoms with Gasteiger partial charge in [0.15, 0.2) is 0 Å². The van der Waals surface area contributed by atoms with E-state index in [1.54, 1.807) is 0 Å². The van der Waals surface area contributed by atoms with Crippen LogP contribution in [0.1, 0.15) is 45.4 Å². The van der Waals surface area contributed by atoms with Crippen LogP contribution < -0.4 is 5.32 Å². The molecule has 0 aromatic rings. The molecule has 0 radical (unpaired) electrons. The lowest BCUT2D eigenvalue weighted by molar-refractivity contribution is -0.117. The van der Waals surface area contributed by atoms with Gasteiger partial charge in [-0.3, -0.25) is 4.79 Å². The van der Waals surface area contributed by atoms with Crippen molar-refractivity contribution < 1.29 is 4.79 Å². The van der Waals surface area contributed by atoms with Crippen LogP contribution in [0.25, 0.3) is 0 Å². The predicted octanol–water partition coefficient (Wildman–Crippen LogP) is 2.67. The van der Waals surface area contributed by atoms with Crippen molar-refractivity contribution >= 4 is 13.2 Å². The molecule has 1 aliphatic carbocycles. The first-order valence-corrected chi connectivity index (χ1v) is 6.52. The summed E-state index contributed by atoms with van der Waals surface area (Å²) in [6.45, 7) is 8.16. The van der Waals surface area contributed by atoms with E-state index in [9.17, 15) is 4.79 Å². The fraction of sp³-hybridized carbons (Fsp3) is 0.769. The quantitative estimate of drug-likeness (QED) is 0.576. The lowest BCUT2D eigenvalue weighted by Gasteiger charge is -2.32. The van der Waals surface area contributed by atoms with Crippen molar-refractivity contribution in [2.24, 2.45) is 0 Å². The molecule has 2 unspecified atom stereocenters.